The third-order valence-electron chi connectivity index (χ3n) is 4.66. The van der Waals surface area contributed by atoms with Crippen LogP contribution >= 0.6 is 0 Å². The number of benzene rings is 1. The van der Waals surface area contributed by atoms with Gasteiger partial charge in [0.25, 0.3) is 0 Å². The van der Waals surface area contributed by atoms with Crippen molar-refractivity contribution in [2.45, 2.75) is 63.9 Å². The predicted molar refractivity (Wildman–Crippen MR) is 101 cm³/mol. The number of allylic oxidation sites excluding steroid dienone is 2. The fraction of sp³-hybridized carbons (Fsp3) is 0.545. The Balaban J connectivity index is 1.37. The van der Waals surface area contributed by atoms with Gasteiger partial charge in [0.2, 0.25) is 0 Å². The predicted octanol–water partition coefficient (Wildman–Crippen LogP) is 4.89. The van der Waals surface area contributed by atoms with Crippen LogP contribution in [0.25, 0.3) is 0 Å². The molecule has 0 N–H and O–H groups in total. The molecule has 4 nitrogen and oxygen atoms in total. The second kappa shape index (κ2) is 11.0. The summed E-state index contributed by atoms with van der Waals surface area (Å²) in [5.41, 5.74) is 2.34. The molecular formula is C22H30O4. The van der Waals surface area contributed by atoms with Crippen LogP contribution in [-0.2, 0) is 32.2 Å². The van der Waals surface area contributed by atoms with E-state index in [4.69, 9.17) is 18.9 Å². The first-order valence-electron chi connectivity index (χ1n) is 9.74. The molecule has 2 aliphatic rings. The van der Waals surface area contributed by atoms with E-state index in [1.54, 1.807) is 0 Å². The number of hydrogen-bond donors (Lipinski definition) is 0. The molecule has 1 aromatic carbocycles. The fourth-order valence-electron chi connectivity index (χ4n) is 3.20. The van der Waals surface area contributed by atoms with Crippen LogP contribution in [0.15, 0.2) is 48.9 Å². The molecule has 26 heavy (non-hydrogen) atoms. The van der Waals surface area contributed by atoms with Crippen molar-refractivity contribution in [2.24, 2.45) is 0 Å². The Morgan fingerprint density at radius 2 is 1.35 bits per heavy atom. The Morgan fingerprint density at radius 3 is 1.88 bits per heavy atom. The largest absolute Gasteiger partial charge is 0.496 e. The van der Waals surface area contributed by atoms with Gasteiger partial charge >= 0.3 is 0 Å². The van der Waals surface area contributed by atoms with E-state index in [1.165, 1.54) is 11.1 Å². The zero-order valence-electron chi connectivity index (χ0n) is 15.5. The lowest BCUT2D eigenvalue weighted by Crippen LogP contribution is -2.17. The first-order chi connectivity index (χ1) is 12.9. The van der Waals surface area contributed by atoms with Gasteiger partial charge in [0, 0.05) is 0 Å². The summed E-state index contributed by atoms with van der Waals surface area (Å²) >= 11 is 0. The molecule has 0 radical (unpaired) electrons. The third-order valence-corrected chi connectivity index (χ3v) is 4.66. The molecular weight excluding hydrogens is 328 g/mol. The van der Waals surface area contributed by atoms with Gasteiger partial charge in [0.1, 0.15) is 12.2 Å². The van der Waals surface area contributed by atoms with Crippen LogP contribution in [0.4, 0.5) is 0 Å². The van der Waals surface area contributed by atoms with E-state index in [9.17, 15) is 0 Å². The molecule has 0 bridgehead atoms. The Bertz CT molecular complexity index is 534. The van der Waals surface area contributed by atoms with Crippen LogP contribution in [0.5, 0.6) is 0 Å². The molecule has 2 atom stereocenters. The molecule has 0 aromatic heterocycles. The van der Waals surface area contributed by atoms with Crippen molar-refractivity contribution in [1.82, 2.24) is 0 Å². The maximum Gasteiger partial charge on any atom is 0.121 e. The number of rotatable bonds is 8. The summed E-state index contributed by atoms with van der Waals surface area (Å²) in [6, 6.07) is 8.40. The molecule has 0 amide bonds. The van der Waals surface area contributed by atoms with Gasteiger partial charge in [0.05, 0.1) is 39.0 Å². The van der Waals surface area contributed by atoms with Gasteiger partial charge in [0.15, 0.2) is 0 Å². The van der Waals surface area contributed by atoms with Gasteiger partial charge in [-0.1, -0.05) is 24.3 Å². The van der Waals surface area contributed by atoms with E-state index in [1.807, 2.05) is 12.5 Å². The van der Waals surface area contributed by atoms with Crippen molar-refractivity contribution in [3.05, 3.63) is 60.1 Å². The lowest BCUT2D eigenvalue weighted by Gasteiger charge is -2.16. The van der Waals surface area contributed by atoms with E-state index in [2.05, 4.69) is 36.4 Å². The Hall–Kier alpha value is -1.78. The first kappa shape index (κ1) is 19.0. The molecule has 2 aliphatic heterocycles. The highest BCUT2D eigenvalue weighted by Gasteiger charge is 2.12. The van der Waals surface area contributed by atoms with Crippen molar-refractivity contribution in [3.63, 3.8) is 0 Å². The molecule has 3 rings (SSSR count). The molecule has 4 heteroatoms. The van der Waals surface area contributed by atoms with Crippen LogP contribution in [0, 0.1) is 0 Å². The Labute approximate surface area is 156 Å². The monoisotopic (exact) mass is 358 g/mol. The molecule has 2 heterocycles. The third kappa shape index (κ3) is 6.85. The maximum absolute atomic E-state index is 5.86. The van der Waals surface area contributed by atoms with Gasteiger partial charge in [-0.05, 0) is 61.8 Å². The summed E-state index contributed by atoms with van der Waals surface area (Å²) in [5.74, 6) is 0. The minimum atomic E-state index is 0.175. The number of hydrogen-bond acceptors (Lipinski definition) is 4. The molecule has 0 fully saturated rings. The molecule has 0 spiro atoms. The van der Waals surface area contributed by atoms with Gasteiger partial charge in [-0.15, -0.1) is 0 Å². The van der Waals surface area contributed by atoms with Crippen molar-refractivity contribution < 1.29 is 18.9 Å². The van der Waals surface area contributed by atoms with E-state index in [0.717, 1.165) is 38.5 Å². The topological polar surface area (TPSA) is 36.9 Å². The van der Waals surface area contributed by atoms with Crippen LogP contribution < -0.4 is 0 Å². The van der Waals surface area contributed by atoms with Crippen molar-refractivity contribution in [1.29, 1.82) is 0 Å². The fourth-order valence-corrected chi connectivity index (χ4v) is 3.20. The smallest absolute Gasteiger partial charge is 0.121 e. The average molecular weight is 358 g/mol. The summed E-state index contributed by atoms with van der Waals surface area (Å²) in [6.07, 6.45) is 14.8. The minimum Gasteiger partial charge on any atom is -0.496 e. The summed E-state index contributed by atoms with van der Waals surface area (Å²) in [7, 11) is 0. The van der Waals surface area contributed by atoms with Gasteiger partial charge in [-0.3, -0.25) is 0 Å². The van der Waals surface area contributed by atoms with Crippen LogP contribution in [0.1, 0.15) is 49.7 Å². The van der Waals surface area contributed by atoms with Gasteiger partial charge in [-0.2, -0.15) is 0 Å². The molecule has 0 saturated carbocycles. The highest BCUT2D eigenvalue weighted by Crippen LogP contribution is 2.15. The summed E-state index contributed by atoms with van der Waals surface area (Å²) in [4.78, 5) is 0. The molecule has 2 unspecified atom stereocenters. The summed E-state index contributed by atoms with van der Waals surface area (Å²) in [5, 5.41) is 0. The standard InChI is InChI=1S/C22H30O4/c1-3-10-21(25-12-5-1)17-23-15-19-8-7-9-20(14-19)16-24-18-22-11-4-2-6-13-26-22/h5-9,12-14,21-22H,1-4,10-11,15-18H2. The van der Waals surface area contributed by atoms with Crippen molar-refractivity contribution in [3.8, 4) is 0 Å². The van der Waals surface area contributed by atoms with Crippen molar-refractivity contribution in [2.75, 3.05) is 13.2 Å². The highest BCUT2D eigenvalue weighted by atomic mass is 16.5. The Morgan fingerprint density at radius 1 is 0.808 bits per heavy atom. The first-order valence-corrected chi connectivity index (χ1v) is 9.74. The quantitative estimate of drug-likeness (QED) is 0.663. The van der Waals surface area contributed by atoms with Crippen LogP contribution in [0.3, 0.4) is 0 Å². The highest BCUT2D eigenvalue weighted by molar-refractivity contribution is 5.22. The average Bonchev–Trinajstić information content (AvgIpc) is 3.07. The van der Waals surface area contributed by atoms with Crippen LogP contribution in [-0.4, -0.2) is 25.4 Å². The molecule has 142 valence electrons. The normalized spacial score (nSPS) is 22.9. The molecule has 0 saturated heterocycles. The second-order valence-electron chi connectivity index (χ2n) is 6.97. The number of ether oxygens (including phenoxy) is 4. The lowest BCUT2D eigenvalue weighted by atomic mass is 10.1. The summed E-state index contributed by atoms with van der Waals surface area (Å²) < 4.78 is 23.0. The van der Waals surface area contributed by atoms with E-state index >= 15 is 0 Å². The minimum absolute atomic E-state index is 0.175. The Kier molecular flexibility index (Phi) is 8.07. The lowest BCUT2D eigenvalue weighted by molar-refractivity contribution is 0.0155. The van der Waals surface area contributed by atoms with Crippen LogP contribution in [0.2, 0.25) is 0 Å². The molecule has 0 aliphatic carbocycles. The maximum atomic E-state index is 5.86. The van der Waals surface area contributed by atoms with Gasteiger partial charge < -0.3 is 18.9 Å². The zero-order valence-corrected chi connectivity index (χ0v) is 15.5. The second-order valence-corrected chi connectivity index (χ2v) is 6.97. The van der Waals surface area contributed by atoms with E-state index in [0.29, 0.717) is 26.4 Å². The molecule has 1 aromatic rings. The van der Waals surface area contributed by atoms with Crippen molar-refractivity contribution >= 4 is 0 Å². The zero-order chi connectivity index (χ0) is 17.9. The SMILES string of the molecule is C1=COC(COCc2cccc(COCC3CCCC=CO3)c2)CCC1. The van der Waals surface area contributed by atoms with Gasteiger partial charge in [-0.25, -0.2) is 0 Å². The summed E-state index contributed by atoms with van der Waals surface area (Å²) in [6.45, 7) is 2.48. The van der Waals surface area contributed by atoms with E-state index in [-0.39, 0.29) is 12.2 Å². The van der Waals surface area contributed by atoms with E-state index < -0.39 is 0 Å².